The maximum Gasteiger partial charge on any atom is 0.0705 e. The molecule has 1 aromatic heterocycles. The van der Waals surface area contributed by atoms with Gasteiger partial charge in [-0.05, 0) is 37.5 Å². The van der Waals surface area contributed by atoms with E-state index in [2.05, 4.69) is 44.2 Å². The van der Waals surface area contributed by atoms with E-state index in [0.29, 0.717) is 0 Å². The Kier molecular flexibility index (Phi) is 10.7. The highest BCUT2D eigenvalue weighted by Gasteiger charge is 2.03. The Morgan fingerprint density at radius 3 is 2.04 bits per heavy atom. The van der Waals surface area contributed by atoms with Crippen LogP contribution in [0.25, 0.3) is 10.9 Å². The van der Waals surface area contributed by atoms with Crippen LogP contribution in [0, 0.1) is 6.92 Å². The summed E-state index contributed by atoms with van der Waals surface area (Å²) in [4.78, 5) is 4.74. The minimum atomic E-state index is 0. The van der Waals surface area contributed by atoms with Gasteiger partial charge < -0.3 is 0 Å². The molecule has 0 saturated heterocycles. The van der Waals surface area contributed by atoms with E-state index in [1.54, 1.807) is 0 Å². The average molecular weight is 348 g/mol. The molecular weight excluding hydrogens is 314 g/mol. The highest BCUT2D eigenvalue weighted by Crippen LogP contribution is 2.19. The Labute approximate surface area is 154 Å². The molecule has 1 heterocycles. The zero-order chi connectivity index (χ0) is 16.3. The molecule has 2 rings (SSSR count). The number of para-hydroxylation sites is 1. The van der Waals surface area contributed by atoms with Gasteiger partial charge in [-0.3, -0.25) is 4.98 Å². The van der Waals surface area contributed by atoms with Crippen LogP contribution in [0.2, 0.25) is 0 Å². The number of pyridine rings is 1. The Bertz CT molecular complexity index is 579. The van der Waals surface area contributed by atoms with Crippen LogP contribution in [0.15, 0.2) is 30.3 Å². The van der Waals surface area contributed by atoms with Crippen molar-refractivity contribution in [2.75, 3.05) is 0 Å². The molecule has 0 aliphatic rings. The van der Waals surface area contributed by atoms with Gasteiger partial charge in [-0.15, -0.1) is 12.4 Å². The molecule has 0 unspecified atom stereocenters. The van der Waals surface area contributed by atoms with Crippen molar-refractivity contribution in [3.8, 4) is 0 Å². The topological polar surface area (TPSA) is 12.9 Å². The summed E-state index contributed by atoms with van der Waals surface area (Å²) in [5.41, 5.74) is 3.76. The van der Waals surface area contributed by atoms with Crippen LogP contribution in [0.5, 0.6) is 0 Å². The lowest BCUT2D eigenvalue weighted by Gasteiger charge is -2.07. The normalized spacial score (nSPS) is 10.8. The quantitative estimate of drug-likeness (QED) is 0.385. The smallest absolute Gasteiger partial charge is 0.0705 e. The number of halogens is 1. The maximum atomic E-state index is 4.74. The molecule has 2 aromatic rings. The van der Waals surface area contributed by atoms with Crippen molar-refractivity contribution in [1.29, 1.82) is 0 Å². The van der Waals surface area contributed by atoms with Crippen molar-refractivity contribution < 1.29 is 0 Å². The van der Waals surface area contributed by atoms with E-state index in [0.717, 1.165) is 5.52 Å². The molecule has 2 heteroatoms. The summed E-state index contributed by atoms with van der Waals surface area (Å²) in [6.07, 6.45) is 15.2. The van der Waals surface area contributed by atoms with Gasteiger partial charge in [0, 0.05) is 11.1 Å². The number of aryl methyl sites for hydroxylation is 2. The van der Waals surface area contributed by atoms with Crippen molar-refractivity contribution in [1.82, 2.24) is 4.98 Å². The van der Waals surface area contributed by atoms with E-state index in [9.17, 15) is 0 Å². The van der Waals surface area contributed by atoms with Gasteiger partial charge in [0.1, 0.15) is 0 Å². The molecule has 0 N–H and O–H groups in total. The van der Waals surface area contributed by atoms with Crippen LogP contribution in [0.3, 0.4) is 0 Å². The Balaban J connectivity index is 0.00000288. The first-order valence-corrected chi connectivity index (χ1v) is 9.66. The predicted molar refractivity (Wildman–Crippen MR) is 109 cm³/mol. The lowest BCUT2D eigenvalue weighted by molar-refractivity contribution is 0.556. The molecular formula is C22H34ClN. The second-order valence-electron chi connectivity index (χ2n) is 6.86. The number of hydrogen-bond donors (Lipinski definition) is 0. The molecule has 0 saturated carbocycles. The Hall–Kier alpha value is -1.08. The second kappa shape index (κ2) is 12.3. The summed E-state index contributed by atoms with van der Waals surface area (Å²) in [6, 6.07) is 10.8. The summed E-state index contributed by atoms with van der Waals surface area (Å²) in [5.74, 6) is 0. The molecule has 0 aliphatic heterocycles. The van der Waals surface area contributed by atoms with Crippen LogP contribution in [0.1, 0.15) is 82.4 Å². The summed E-state index contributed by atoms with van der Waals surface area (Å²) < 4.78 is 0. The van der Waals surface area contributed by atoms with E-state index in [-0.39, 0.29) is 12.4 Å². The third-order valence-corrected chi connectivity index (χ3v) is 4.82. The highest BCUT2D eigenvalue weighted by atomic mass is 35.5. The first-order valence-electron chi connectivity index (χ1n) is 9.66. The van der Waals surface area contributed by atoms with Crippen molar-refractivity contribution in [3.63, 3.8) is 0 Å². The second-order valence-corrected chi connectivity index (χ2v) is 6.86. The van der Waals surface area contributed by atoms with Gasteiger partial charge in [0.15, 0.2) is 0 Å². The van der Waals surface area contributed by atoms with Gasteiger partial charge in [-0.25, -0.2) is 0 Å². The van der Waals surface area contributed by atoms with Crippen LogP contribution < -0.4 is 0 Å². The van der Waals surface area contributed by atoms with E-state index < -0.39 is 0 Å². The molecule has 0 fully saturated rings. The summed E-state index contributed by atoms with van der Waals surface area (Å²) in [5, 5.41) is 1.28. The van der Waals surface area contributed by atoms with Gasteiger partial charge >= 0.3 is 0 Å². The fourth-order valence-corrected chi connectivity index (χ4v) is 3.31. The molecule has 0 aliphatic carbocycles. The number of rotatable bonds is 11. The molecule has 134 valence electrons. The van der Waals surface area contributed by atoms with Gasteiger partial charge in [0.2, 0.25) is 0 Å². The SMILES string of the molecule is CCCCCCCCCCCCc1cc2ccccc2nc1C.Cl. The number of aromatic nitrogens is 1. The fraction of sp³-hybridized carbons (Fsp3) is 0.591. The maximum absolute atomic E-state index is 4.74. The molecule has 0 atom stereocenters. The first-order chi connectivity index (χ1) is 11.3. The third-order valence-electron chi connectivity index (χ3n) is 4.82. The number of benzene rings is 1. The zero-order valence-corrected chi connectivity index (χ0v) is 16.3. The summed E-state index contributed by atoms with van der Waals surface area (Å²) in [7, 11) is 0. The number of fused-ring (bicyclic) bond motifs is 1. The van der Waals surface area contributed by atoms with E-state index in [4.69, 9.17) is 4.98 Å². The van der Waals surface area contributed by atoms with Crippen LogP contribution in [0.4, 0.5) is 0 Å². The van der Waals surface area contributed by atoms with Gasteiger partial charge in [-0.2, -0.15) is 0 Å². The molecule has 1 nitrogen and oxygen atoms in total. The molecule has 24 heavy (non-hydrogen) atoms. The molecule has 0 amide bonds. The minimum absolute atomic E-state index is 0. The van der Waals surface area contributed by atoms with Crippen molar-refractivity contribution in [2.45, 2.75) is 84.5 Å². The Morgan fingerprint density at radius 2 is 1.38 bits per heavy atom. The molecule has 0 radical (unpaired) electrons. The van der Waals surface area contributed by atoms with Crippen LogP contribution in [-0.2, 0) is 6.42 Å². The van der Waals surface area contributed by atoms with E-state index >= 15 is 0 Å². The van der Waals surface area contributed by atoms with Crippen molar-refractivity contribution >= 4 is 23.3 Å². The van der Waals surface area contributed by atoms with Gasteiger partial charge in [0.25, 0.3) is 0 Å². The van der Waals surface area contributed by atoms with Crippen LogP contribution in [-0.4, -0.2) is 4.98 Å². The molecule has 1 aromatic carbocycles. The van der Waals surface area contributed by atoms with Gasteiger partial charge in [0.05, 0.1) is 5.52 Å². The van der Waals surface area contributed by atoms with Crippen molar-refractivity contribution in [2.24, 2.45) is 0 Å². The molecule has 0 spiro atoms. The number of nitrogens with zero attached hydrogens (tertiary/aromatic N) is 1. The fourth-order valence-electron chi connectivity index (χ4n) is 3.31. The highest BCUT2D eigenvalue weighted by molar-refractivity contribution is 5.85. The number of unbranched alkanes of at least 4 members (excludes halogenated alkanes) is 9. The van der Waals surface area contributed by atoms with E-state index in [1.165, 1.54) is 87.3 Å². The summed E-state index contributed by atoms with van der Waals surface area (Å²) >= 11 is 0. The standard InChI is InChI=1S/C22H33N.ClH/c1-3-4-5-6-7-8-9-10-11-12-15-20-18-21-16-13-14-17-22(21)23-19(20)2;/h13-14,16-18H,3-12,15H2,1-2H3;1H. The third kappa shape index (κ3) is 7.21. The lowest BCUT2D eigenvalue weighted by Crippen LogP contribution is -1.94. The zero-order valence-electron chi connectivity index (χ0n) is 15.5. The first kappa shape index (κ1) is 21.0. The minimum Gasteiger partial charge on any atom is -0.253 e. The average Bonchev–Trinajstić information content (AvgIpc) is 2.57. The largest absolute Gasteiger partial charge is 0.253 e. The van der Waals surface area contributed by atoms with Gasteiger partial charge in [-0.1, -0.05) is 82.9 Å². The Morgan fingerprint density at radius 1 is 0.792 bits per heavy atom. The predicted octanol–water partition coefficient (Wildman–Crippen LogP) is 7.43. The summed E-state index contributed by atoms with van der Waals surface area (Å²) in [6.45, 7) is 4.44. The monoisotopic (exact) mass is 347 g/mol. The van der Waals surface area contributed by atoms with Crippen molar-refractivity contribution in [3.05, 3.63) is 41.6 Å². The number of hydrogen-bond acceptors (Lipinski definition) is 1. The molecule has 0 bridgehead atoms. The van der Waals surface area contributed by atoms with E-state index in [1.807, 2.05) is 0 Å². The van der Waals surface area contributed by atoms with Crippen LogP contribution >= 0.6 is 12.4 Å². The lowest BCUT2D eigenvalue weighted by atomic mass is 10.0.